The number of amides is 1. The molecule has 0 saturated heterocycles. The van der Waals surface area contributed by atoms with Gasteiger partial charge in [0.15, 0.2) is 11.0 Å². The van der Waals surface area contributed by atoms with Crippen LogP contribution in [0, 0.1) is 6.92 Å². The number of anilines is 1. The molecule has 24 heavy (non-hydrogen) atoms. The van der Waals surface area contributed by atoms with Gasteiger partial charge in [0.2, 0.25) is 0 Å². The van der Waals surface area contributed by atoms with E-state index in [9.17, 15) is 4.79 Å². The zero-order valence-corrected chi connectivity index (χ0v) is 15.0. The van der Waals surface area contributed by atoms with Crippen molar-refractivity contribution in [2.45, 2.75) is 58.5 Å². The molecular weight excluding hydrogens is 324 g/mol. The van der Waals surface area contributed by atoms with Crippen LogP contribution in [0.3, 0.4) is 0 Å². The first kappa shape index (κ1) is 16.9. The average Bonchev–Trinajstić information content (AvgIpc) is 3.20. The lowest BCUT2D eigenvalue weighted by molar-refractivity contribution is 0.0952. The van der Waals surface area contributed by atoms with E-state index in [0.29, 0.717) is 17.5 Å². The Bertz CT molecular complexity index is 689. The number of hydrogen-bond acceptors (Lipinski definition) is 6. The predicted molar refractivity (Wildman–Crippen MR) is 94.3 cm³/mol. The second kappa shape index (κ2) is 7.74. The molecule has 0 atom stereocenters. The van der Waals surface area contributed by atoms with Crippen molar-refractivity contribution in [1.29, 1.82) is 0 Å². The molecule has 0 radical (unpaired) electrons. The Morgan fingerprint density at radius 1 is 1.38 bits per heavy atom. The van der Waals surface area contributed by atoms with Crippen molar-refractivity contribution in [1.82, 2.24) is 25.1 Å². The third kappa shape index (κ3) is 3.75. The van der Waals surface area contributed by atoms with Gasteiger partial charge in [-0.05, 0) is 26.7 Å². The number of hydrogen-bond donors (Lipinski definition) is 2. The Hall–Kier alpha value is -1.96. The first-order chi connectivity index (χ1) is 11.7. The molecule has 1 aliphatic carbocycles. The minimum absolute atomic E-state index is 0.104. The summed E-state index contributed by atoms with van der Waals surface area (Å²) in [6, 6.07) is 0.464. The number of nitrogens with one attached hydrogen (secondary N) is 2. The summed E-state index contributed by atoms with van der Waals surface area (Å²) in [6.07, 6.45) is 7.93. The third-order valence-electron chi connectivity index (χ3n) is 4.35. The van der Waals surface area contributed by atoms with Crippen LogP contribution in [0.4, 0.5) is 5.13 Å². The van der Waals surface area contributed by atoms with Crippen molar-refractivity contribution in [2.75, 3.05) is 11.9 Å². The number of nitrogens with zero attached hydrogens (tertiary/aromatic N) is 4. The smallest absolute Gasteiger partial charge is 0.263 e. The van der Waals surface area contributed by atoms with Crippen LogP contribution in [0.25, 0.3) is 0 Å². The summed E-state index contributed by atoms with van der Waals surface area (Å²) in [7, 11) is 0. The lowest BCUT2D eigenvalue weighted by atomic mass is 9.95. The molecule has 0 bridgehead atoms. The first-order valence-corrected chi connectivity index (χ1v) is 9.38. The Balaban J connectivity index is 1.63. The van der Waals surface area contributed by atoms with Gasteiger partial charge in [-0.25, -0.2) is 4.98 Å². The van der Waals surface area contributed by atoms with E-state index in [1.54, 1.807) is 6.33 Å². The summed E-state index contributed by atoms with van der Waals surface area (Å²) < 4.78 is 2.13. The zero-order valence-electron chi connectivity index (χ0n) is 14.2. The van der Waals surface area contributed by atoms with E-state index in [-0.39, 0.29) is 5.91 Å². The van der Waals surface area contributed by atoms with Crippen molar-refractivity contribution < 1.29 is 4.79 Å². The number of aromatic nitrogens is 4. The molecule has 0 aromatic carbocycles. The van der Waals surface area contributed by atoms with Gasteiger partial charge in [0, 0.05) is 12.6 Å². The summed E-state index contributed by atoms with van der Waals surface area (Å²) in [4.78, 5) is 17.5. The highest BCUT2D eigenvalue weighted by Gasteiger charge is 2.20. The molecule has 2 aromatic heterocycles. The molecule has 8 heteroatoms. The van der Waals surface area contributed by atoms with Crippen molar-refractivity contribution in [3.8, 4) is 0 Å². The van der Waals surface area contributed by atoms with E-state index >= 15 is 0 Å². The Labute approximate surface area is 145 Å². The van der Waals surface area contributed by atoms with Crippen LogP contribution in [0.5, 0.6) is 0 Å². The fourth-order valence-electron chi connectivity index (χ4n) is 3.13. The summed E-state index contributed by atoms with van der Waals surface area (Å²) >= 11 is 1.38. The highest BCUT2D eigenvalue weighted by molar-refractivity contribution is 7.17. The topological polar surface area (TPSA) is 84.7 Å². The van der Waals surface area contributed by atoms with Crippen LogP contribution in [-0.4, -0.2) is 32.2 Å². The minimum Gasteiger partial charge on any atom is -0.362 e. The maximum atomic E-state index is 12.4. The van der Waals surface area contributed by atoms with E-state index in [1.165, 1.54) is 43.4 Å². The summed E-state index contributed by atoms with van der Waals surface area (Å²) in [6.45, 7) is 5.05. The fourth-order valence-corrected chi connectivity index (χ4v) is 4.08. The number of rotatable bonds is 6. The largest absolute Gasteiger partial charge is 0.362 e. The van der Waals surface area contributed by atoms with Gasteiger partial charge in [-0.15, -0.1) is 10.2 Å². The van der Waals surface area contributed by atoms with Crippen LogP contribution in [0.1, 0.15) is 66.3 Å². The van der Waals surface area contributed by atoms with E-state index in [4.69, 9.17) is 0 Å². The Morgan fingerprint density at radius 3 is 2.92 bits per heavy atom. The molecule has 1 amide bonds. The molecule has 0 aliphatic heterocycles. The lowest BCUT2D eigenvalue weighted by Gasteiger charge is -2.23. The normalized spacial score (nSPS) is 15.4. The van der Waals surface area contributed by atoms with Gasteiger partial charge >= 0.3 is 0 Å². The van der Waals surface area contributed by atoms with Crippen molar-refractivity contribution in [2.24, 2.45) is 0 Å². The predicted octanol–water partition coefficient (Wildman–Crippen LogP) is 2.91. The molecule has 130 valence electrons. The van der Waals surface area contributed by atoms with Crippen molar-refractivity contribution in [3.05, 3.63) is 22.7 Å². The molecule has 2 aromatic rings. The summed E-state index contributed by atoms with van der Waals surface area (Å²) in [5.41, 5.74) is 0.752. The molecule has 2 N–H and O–H groups in total. The maximum Gasteiger partial charge on any atom is 0.263 e. The van der Waals surface area contributed by atoms with E-state index in [2.05, 4.69) is 30.4 Å². The Morgan fingerprint density at radius 2 is 2.17 bits per heavy atom. The van der Waals surface area contributed by atoms with E-state index in [0.717, 1.165) is 23.2 Å². The molecule has 7 nitrogen and oxygen atoms in total. The molecule has 1 aliphatic rings. The summed E-state index contributed by atoms with van der Waals surface area (Å²) in [5, 5.41) is 15.1. The second-order valence-electron chi connectivity index (χ2n) is 6.09. The zero-order chi connectivity index (χ0) is 16.9. The lowest BCUT2D eigenvalue weighted by Crippen LogP contribution is -2.26. The first-order valence-electron chi connectivity index (χ1n) is 8.57. The fraction of sp³-hybridized carbons (Fsp3) is 0.625. The molecule has 0 unspecified atom stereocenters. The second-order valence-corrected chi connectivity index (χ2v) is 7.09. The molecule has 0 spiro atoms. The molecule has 3 rings (SSSR count). The van der Waals surface area contributed by atoms with Gasteiger partial charge < -0.3 is 15.2 Å². The van der Waals surface area contributed by atoms with Crippen LogP contribution in [-0.2, 0) is 6.54 Å². The van der Waals surface area contributed by atoms with Crippen molar-refractivity contribution >= 4 is 22.4 Å². The number of aryl methyl sites for hydroxylation is 1. The van der Waals surface area contributed by atoms with Gasteiger partial charge in [0.25, 0.3) is 5.91 Å². The number of carbonyl (C=O) groups excluding carboxylic acids is 1. The van der Waals surface area contributed by atoms with E-state index < -0.39 is 0 Å². The van der Waals surface area contributed by atoms with Gasteiger partial charge in [-0.3, -0.25) is 4.79 Å². The molecule has 1 saturated carbocycles. The van der Waals surface area contributed by atoms with Crippen LogP contribution in [0.2, 0.25) is 0 Å². The monoisotopic (exact) mass is 348 g/mol. The van der Waals surface area contributed by atoms with Crippen LogP contribution < -0.4 is 10.6 Å². The number of thiazole rings is 1. The minimum atomic E-state index is -0.104. The highest BCUT2D eigenvalue weighted by Crippen LogP contribution is 2.28. The van der Waals surface area contributed by atoms with Gasteiger partial charge in [0.05, 0.1) is 12.2 Å². The molecule has 2 heterocycles. The highest BCUT2D eigenvalue weighted by atomic mass is 32.1. The SMILES string of the molecule is CCNc1nc(C)c(C(=O)NCc2nncn2C2CCCCC2)s1. The number of carbonyl (C=O) groups is 1. The maximum absolute atomic E-state index is 12.4. The molecular formula is C16H24N6OS. The third-order valence-corrected chi connectivity index (χ3v) is 5.47. The van der Waals surface area contributed by atoms with Crippen LogP contribution in [0.15, 0.2) is 6.33 Å². The van der Waals surface area contributed by atoms with Crippen LogP contribution >= 0.6 is 11.3 Å². The standard InChI is InChI=1S/C16H24N6OS/c1-3-17-16-20-11(2)14(24-16)15(23)18-9-13-21-19-10-22(13)12-7-5-4-6-8-12/h10,12H,3-9H2,1-2H3,(H,17,20)(H,18,23). The molecule has 1 fully saturated rings. The average molecular weight is 348 g/mol. The Kier molecular flexibility index (Phi) is 5.44. The van der Waals surface area contributed by atoms with E-state index in [1.807, 2.05) is 13.8 Å². The summed E-state index contributed by atoms with van der Waals surface area (Å²) in [5.74, 6) is 0.719. The van der Waals surface area contributed by atoms with Gasteiger partial charge in [-0.1, -0.05) is 30.6 Å². The van der Waals surface area contributed by atoms with Gasteiger partial charge in [-0.2, -0.15) is 0 Å². The van der Waals surface area contributed by atoms with Crippen molar-refractivity contribution in [3.63, 3.8) is 0 Å². The quantitative estimate of drug-likeness (QED) is 0.838. The van der Waals surface area contributed by atoms with Gasteiger partial charge in [0.1, 0.15) is 11.2 Å².